The van der Waals surface area contributed by atoms with Crippen molar-refractivity contribution < 1.29 is 9.53 Å². The number of rotatable bonds is 1. The summed E-state index contributed by atoms with van der Waals surface area (Å²) in [7, 11) is 0. The molecule has 0 aromatic heterocycles. The number of nitrogens with zero attached hydrogens (tertiary/aromatic N) is 1. The zero-order chi connectivity index (χ0) is 8.65. The molecule has 11 heavy (non-hydrogen) atoms. The van der Waals surface area contributed by atoms with E-state index < -0.39 is 5.60 Å². The van der Waals surface area contributed by atoms with Crippen LogP contribution in [0.15, 0.2) is 4.99 Å². The van der Waals surface area contributed by atoms with Gasteiger partial charge in [-0.05, 0) is 20.8 Å². The predicted molar refractivity (Wildman–Crippen MR) is 42.7 cm³/mol. The average molecular weight is 155 g/mol. The van der Waals surface area contributed by atoms with Crippen LogP contribution in [0.25, 0.3) is 0 Å². The fraction of sp³-hybridized carbons (Fsp3) is 0.750. The summed E-state index contributed by atoms with van der Waals surface area (Å²) in [6.45, 7) is 6.97. The molecule has 0 amide bonds. The maximum Gasteiger partial charge on any atom is 0.187 e. The molecule has 1 rings (SSSR count). The number of aliphatic imine (C=N–C) groups is 1. The summed E-state index contributed by atoms with van der Waals surface area (Å²) < 4.78 is 5.32. The molecule has 1 aliphatic heterocycles. The Hall–Kier alpha value is -0.860. The van der Waals surface area contributed by atoms with Crippen LogP contribution in [0.4, 0.5) is 0 Å². The molecule has 2 atom stereocenters. The second-order valence-electron chi connectivity index (χ2n) is 3.09. The topological polar surface area (TPSA) is 38.7 Å². The molecule has 0 aliphatic carbocycles. The first-order valence-corrected chi connectivity index (χ1v) is 3.71. The Morgan fingerprint density at radius 1 is 1.73 bits per heavy atom. The summed E-state index contributed by atoms with van der Waals surface area (Å²) in [5.41, 5.74) is -0.718. The Morgan fingerprint density at radius 2 is 2.27 bits per heavy atom. The van der Waals surface area contributed by atoms with Gasteiger partial charge in [-0.25, -0.2) is 4.99 Å². The van der Waals surface area contributed by atoms with Gasteiger partial charge in [0.25, 0.3) is 0 Å². The molecule has 0 aromatic carbocycles. The first kappa shape index (κ1) is 8.24. The molecule has 1 heterocycles. The van der Waals surface area contributed by atoms with Crippen LogP contribution < -0.4 is 0 Å². The van der Waals surface area contributed by atoms with Crippen LogP contribution in [0, 0.1) is 0 Å². The lowest BCUT2D eigenvalue weighted by molar-refractivity contribution is -0.131. The Labute approximate surface area is 66.5 Å². The summed E-state index contributed by atoms with van der Waals surface area (Å²) >= 11 is 0. The maximum atomic E-state index is 11.1. The van der Waals surface area contributed by atoms with Crippen molar-refractivity contribution >= 4 is 11.7 Å². The summed E-state index contributed by atoms with van der Waals surface area (Å²) in [4.78, 5) is 15.3. The van der Waals surface area contributed by atoms with Crippen LogP contribution in [0.1, 0.15) is 27.7 Å². The van der Waals surface area contributed by atoms with Gasteiger partial charge in [0.15, 0.2) is 17.3 Å². The van der Waals surface area contributed by atoms with Gasteiger partial charge in [0, 0.05) is 6.92 Å². The molecule has 0 saturated heterocycles. The smallest absolute Gasteiger partial charge is 0.187 e. The van der Waals surface area contributed by atoms with E-state index in [4.69, 9.17) is 4.74 Å². The Balaban J connectivity index is 2.86. The van der Waals surface area contributed by atoms with Crippen molar-refractivity contribution in [3.05, 3.63) is 0 Å². The fourth-order valence-corrected chi connectivity index (χ4v) is 1.18. The van der Waals surface area contributed by atoms with Gasteiger partial charge >= 0.3 is 0 Å². The number of Topliss-reactive ketones (excluding diaryl/α,β-unsaturated/α-hetero) is 1. The van der Waals surface area contributed by atoms with E-state index in [0.29, 0.717) is 5.90 Å². The minimum Gasteiger partial charge on any atom is -0.465 e. The van der Waals surface area contributed by atoms with Gasteiger partial charge in [-0.15, -0.1) is 0 Å². The Kier molecular flexibility index (Phi) is 1.74. The summed E-state index contributed by atoms with van der Waals surface area (Å²) in [6, 6.07) is -0.0556. The second kappa shape index (κ2) is 2.32. The van der Waals surface area contributed by atoms with Crippen LogP contribution in [0.5, 0.6) is 0 Å². The third-order valence-electron chi connectivity index (χ3n) is 2.23. The van der Waals surface area contributed by atoms with Crippen LogP contribution >= 0.6 is 0 Å². The number of ketones is 1. The summed E-state index contributed by atoms with van der Waals surface area (Å²) in [6.07, 6.45) is 0. The number of hydrogen-bond donors (Lipinski definition) is 0. The van der Waals surface area contributed by atoms with Crippen LogP contribution in [0.2, 0.25) is 0 Å². The minimum absolute atomic E-state index is 0.0330. The molecule has 3 nitrogen and oxygen atoms in total. The molecule has 0 saturated carbocycles. The highest BCUT2D eigenvalue weighted by Gasteiger charge is 2.42. The number of hydrogen-bond acceptors (Lipinski definition) is 3. The first-order chi connectivity index (χ1) is 4.97. The van der Waals surface area contributed by atoms with Crippen molar-refractivity contribution in [2.75, 3.05) is 0 Å². The highest BCUT2D eigenvalue weighted by molar-refractivity contribution is 5.91. The summed E-state index contributed by atoms with van der Waals surface area (Å²) in [5, 5.41) is 0. The normalized spacial score (nSPS) is 36.4. The van der Waals surface area contributed by atoms with Crippen molar-refractivity contribution in [2.45, 2.75) is 39.3 Å². The fourth-order valence-electron chi connectivity index (χ4n) is 1.18. The minimum atomic E-state index is -0.718. The van der Waals surface area contributed by atoms with E-state index in [1.165, 1.54) is 6.92 Å². The van der Waals surface area contributed by atoms with Crippen molar-refractivity contribution in [3.8, 4) is 0 Å². The lowest BCUT2D eigenvalue weighted by atomic mass is 9.95. The highest BCUT2D eigenvalue weighted by atomic mass is 16.5. The van der Waals surface area contributed by atoms with Gasteiger partial charge in [-0.3, -0.25) is 4.79 Å². The van der Waals surface area contributed by atoms with Gasteiger partial charge in [0.2, 0.25) is 0 Å². The number of carbonyl (C=O) groups is 1. The lowest BCUT2D eigenvalue weighted by Gasteiger charge is -2.23. The van der Waals surface area contributed by atoms with Gasteiger partial charge in [0.1, 0.15) is 0 Å². The first-order valence-electron chi connectivity index (χ1n) is 3.71. The van der Waals surface area contributed by atoms with E-state index in [2.05, 4.69) is 4.99 Å². The molecule has 62 valence electrons. The average Bonchev–Trinajstić information content (AvgIpc) is 2.08. The Morgan fingerprint density at radius 3 is 2.45 bits per heavy atom. The Bertz CT molecular complexity index is 222. The zero-order valence-electron chi connectivity index (χ0n) is 7.34. The van der Waals surface area contributed by atoms with Crippen LogP contribution in [0.3, 0.4) is 0 Å². The van der Waals surface area contributed by atoms with Crippen LogP contribution in [-0.2, 0) is 9.53 Å². The molecule has 0 bridgehead atoms. The van der Waals surface area contributed by atoms with Crippen molar-refractivity contribution in [2.24, 2.45) is 4.99 Å². The van der Waals surface area contributed by atoms with Crippen molar-refractivity contribution in [1.29, 1.82) is 0 Å². The zero-order valence-corrected chi connectivity index (χ0v) is 7.34. The molecular weight excluding hydrogens is 142 g/mol. The molecule has 0 unspecified atom stereocenters. The predicted octanol–water partition coefficient (Wildman–Crippen LogP) is 1.17. The van der Waals surface area contributed by atoms with E-state index in [1.807, 2.05) is 6.92 Å². The van der Waals surface area contributed by atoms with E-state index in [1.54, 1.807) is 13.8 Å². The molecule has 0 spiro atoms. The third-order valence-corrected chi connectivity index (χ3v) is 2.23. The molecule has 1 aliphatic rings. The molecule has 0 aromatic rings. The summed E-state index contributed by atoms with van der Waals surface area (Å²) in [5.74, 6) is 0.640. The van der Waals surface area contributed by atoms with E-state index >= 15 is 0 Å². The van der Waals surface area contributed by atoms with E-state index in [0.717, 1.165) is 0 Å². The van der Waals surface area contributed by atoms with E-state index in [-0.39, 0.29) is 11.8 Å². The number of carbonyl (C=O) groups excluding carboxylic acids is 1. The molecule has 3 heteroatoms. The standard InChI is InChI=1S/C8H13NO2/c1-5-8(4,6(2)10)11-7(3)9-5/h5H,1-4H3/t5-,8-/m1/s1. The lowest BCUT2D eigenvalue weighted by Crippen LogP contribution is -2.42. The van der Waals surface area contributed by atoms with E-state index in [9.17, 15) is 4.79 Å². The maximum absolute atomic E-state index is 11.1. The van der Waals surface area contributed by atoms with Gasteiger partial charge in [-0.2, -0.15) is 0 Å². The van der Waals surface area contributed by atoms with Crippen molar-refractivity contribution in [3.63, 3.8) is 0 Å². The van der Waals surface area contributed by atoms with Gasteiger partial charge in [0.05, 0.1) is 6.04 Å². The molecular formula is C8H13NO2. The second-order valence-corrected chi connectivity index (χ2v) is 3.09. The monoisotopic (exact) mass is 155 g/mol. The SMILES string of the molecule is CC(=O)[C@]1(C)OC(C)=N[C@@H]1C. The molecule has 0 N–H and O–H groups in total. The van der Waals surface area contributed by atoms with Crippen LogP contribution in [-0.4, -0.2) is 23.3 Å². The molecule has 0 fully saturated rings. The van der Waals surface area contributed by atoms with Gasteiger partial charge in [-0.1, -0.05) is 0 Å². The third kappa shape index (κ3) is 1.15. The largest absolute Gasteiger partial charge is 0.465 e. The molecule has 0 radical (unpaired) electrons. The quantitative estimate of drug-likeness (QED) is 0.570. The highest BCUT2D eigenvalue weighted by Crippen LogP contribution is 2.25. The van der Waals surface area contributed by atoms with Crippen molar-refractivity contribution in [1.82, 2.24) is 0 Å². The number of ether oxygens (including phenoxy) is 1. The van der Waals surface area contributed by atoms with Gasteiger partial charge < -0.3 is 4.74 Å².